The van der Waals surface area contributed by atoms with E-state index in [1.54, 1.807) is 0 Å². The number of phenols is 6. The fourth-order valence-corrected chi connectivity index (χ4v) is 1.36. The molecular formula is C14H12O8. The Hall–Kier alpha value is -3.42. The molecule has 8 nitrogen and oxygen atoms in total. The Morgan fingerprint density at radius 1 is 0.591 bits per heavy atom. The van der Waals surface area contributed by atoms with Crippen molar-refractivity contribution in [2.45, 2.75) is 0 Å². The molecule has 0 atom stereocenters. The van der Waals surface area contributed by atoms with Gasteiger partial charge in [0.1, 0.15) is 5.75 Å². The first-order valence-corrected chi connectivity index (χ1v) is 5.71. The summed E-state index contributed by atoms with van der Waals surface area (Å²) in [6.45, 7) is 0. The highest BCUT2D eigenvalue weighted by atomic mass is 16.3. The van der Waals surface area contributed by atoms with Crippen LogP contribution in [0, 0.1) is 0 Å². The molecule has 0 aliphatic rings. The van der Waals surface area contributed by atoms with Crippen LogP contribution in [-0.2, 0) is 0 Å². The van der Waals surface area contributed by atoms with Crippen LogP contribution in [0.15, 0.2) is 24.3 Å². The second-order valence-electron chi connectivity index (χ2n) is 4.01. The molecule has 0 bridgehead atoms. The zero-order chi connectivity index (χ0) is 16.9. The quantitative estimate of drug-likeness (QED) is 0.275. The van der Waals surface area contributed by atoms with Gasteiger partial charge in [0.2, 0.25) is 5.75 Å². The van der Waals surface area contributed by atoms with E-state index in [1.165, 1.54) is 6.07 Å². The second kappa shape index (κ2) is 6.84. The van der Waals surface area contributed by atoms with Gasteiger partial charge >= 0.3 is 0 Å². The van der Waals surface area contributed by atoms with Crippen molar-refractivity contribution in [2.75, 3.05) is 0 Å². The molecule has 0 saturated carbocycles. The summed E-state index contributed by atoms with van der Waals surface area (Å²) in [6.07, 6.45) is 0.767. The first-order valence-electron chi connectivity index (χ1n) is 5.71. The fourth-order valence-electron chi connectivity index (χ4n) is 1.36. The van der Waals surface area contributed by atoms with E-state index in [1.807, 2.05) is 0 Å². The number of hydrogen-bond donors (Lipinski definition) is 6. The number of phenolic OH excluding ortho intramolecular Hbond substituents is 6. The van der Waals surface area contributed by atoms with Gasteiger partial charge < -0.3 is 30.6 Å². The Kier molecular flexibility index (Phi) is 5.17. The highest BCUT2D eigenvalue weighted by molar-refractivity contribution is 5.82. The van der Waals surface area contributed by atoms with Crippen LogP contribution in [0.3, 0.4) is 0 Å². The molecule has 116 valence electrons. The minimum absolute atomic E-state index is 0.0553. The Morgan fingerprint density at radius 2 is 1.14 bits per heavy atom. The van der Waals surface area contributed by atoms with Gasteiger partial charge in [-0.25, -0.2) is 0 Å². The van der Waals surface area contributed by atoms with Crippen molar-refractivity contribution in [3.63, 3.8) is 0 Å². The average molecular weight is 308 g/mol. The minimum atomic E-state index is -0.672. The molecule has 6 N–H and O–H groups in total. The zero-order valence-corrected chi connectivity index (χ0v) is 11.0. The monoisotopic (exact) mass is 308 g/mol. The van der Waals surface area contributed by atoms with Gasteiger partial charge in [-0.3, -0.25) is 9.59 Å². The summed E-state index contributed by atoms with van der Waals surface area (Å²) in [7, 11) is 0. The number of carbonyl (C=O) groups excluding carboxylic acids is 2. The van der Waals surface area contributed by atoms with Gasteiger partial charge in [0, 0.05) is 6.07 Å². The van der Waals surface area contributed by atoms with E-state index in [0.29, 0.717) is 12.6 Å². The molecule has 0 saturated heterocycles. The molecule has 0 aromatic heterocycles. The lowest BCUT2D eigenvalue weighted by molar-refractivity contribution is 0.111. The summed E-state index contributed by atoms with van der Waals surface area (Å²) in [5.41, 5.74) is -0.111. The molecule has 2 rings (SSSR count). The third kappa shape index (κ3) is 3.57. The van der Waals surface area contributed by atoms with Crippen molar-refractivity contribution in [2.24, 2.45) is 0 Å². The van der Waals surface area contributed by atoms with Gasteiger partial charge in [0.25, 0.3) is 0 Å². The topological polar surface area (TPSA) is 156 Å². The number of aromatic hydroxyl groups is 6. The van der Waals surface area contributed by atoms with Crippen molar-refractivity contribution in [3.8, 4) is 34.5 Å². The summed E-state index contributed by atoms with van der Waals surface area (Å²) < 4.78 is 0. The Morgan fingerprint density at radius 3 is 1.68 bits per heavy atom. The van der Waals surface area contributed by atoms with Gasteiger partial charge in [-0.2, -0.15) is 0 Å². The molecule has 0 fully saturated rings. The van der Waals surface area contributed by atoms with E-state index in [4.69, 9.17) is 30.6 Å². The third-order valence-electron chi connectivity index (χ3n) is 2.54. The van der Waals surface area contributed by atoms with Crippen molar-refractivity contribution in [3.05, 3.63) is 35.4 Å². The second-order valence-corrected chi connectivity index (χ2v) is 4.01. The lowest BCUT2D eigenvalue weighted by atomic mass is 10.2. The molecule has 0 spiro atoms. The Balaban J connectivity index is 0.000000220. The smallest absolute Gasteiger partial charge is 0.201 e. The molecule has 0 radical (unpaired) electrons. The maximum Gasteiger partial charge on any atom is 0.201 e. The van der Waals surface area contributed by atoms with E-state index in [0.717, 1.165) is 18.2 Å². The molecule has 2 aromatic carbocycles. The van der Waals surface area contributed by atoms with Crippen molar-refractivity contribution < 1.29 is 40.2 Å². The standard InChI is InChI=1S/2C7H6O4/c8-3-4-1-6(10)7(11)2-5(4)9;8-3-4-1-2-5(9)7(11)6(4)10/h2*1-3,9-11H. The van der Waals surface area contributed by atoms with E-state index in [-0.39, 0.29) is 16.9 Å². The normalized spacial score (nSPS) is 9.45. The van der Waals surface area contributed by atoms with Crippen molar-refractivity contribution in [1.29, 1.82) is 0 Å². The van der Waals surface area contributed by atoms with Crippen molar-refractivity contribution >= 4 is 12.6 Å². The highest BCUT2D eigenvalue weighted by Gasteiger charge is 2.09. The summed E-state index contributed by atoms with van der Waals surface area (Å²) in [5, 5.41) is 53.1. The molecule has 8 heteroatoms. The van der Waals surface area contributed by atoms with Crippen LogP contribution in [0.1, 0.15) is 20.7 Å². The van der Waals surface area contributed by atoms with Gasteiger partial charge in [-0.05, 0) is 18.2 Å². The summed E-state index contributed by atoms with van der Waals surface area (Å²) in [5.74, 6) is -2.95. The number of benzene rings is 2. The molecule has 0 aliphatic carbocycles. The number of rotatable bonds is 2. The summed E-state index contributed by atoms with van der Waals surface area (Å²) in [4.78, 5) is 20.3. The Labute approximate surface area is 123 Å². The number of hydrogen-bond acceptors (Lipinski definition) is 8. The van der Waals surface area contributed by atoms with Crippen LogP contribution >= 0.6 is 0 Å². The zero-order valence-electron chi connectivity index (χ0n) is 11.0. The van der Waals surface area contributed by atoms with E-state index in [9.17, 15) is 9.59 Å². The first-order chi connectivity index (χ1) is 10.3. The third-order valence-corrected chi connectivity index (χ3v) is 2.54. The van der Waals surface area contributed by atoms with Gasteiger partial charge in [-0.1, -0.05) is 0 Å². The number of carbonyl (C=O) groups is 2. The summed E-state index contributed by atoms with van der Waals surface area (Å²) >= 11 is 0. The van der Waals surface area contributed by atoms with Gasteiger partial charge in [0.15, 0.2) is 35.6 Å². The van der Waals surface area contributed by atoms with Crippen LogP contribution < -0.4 is 0 Å². The summed E-state index contributed by atoms with van der Waals surface area (Å²) in [6, 6.07) is 4.22. The van der Waals surface area contributed by atoms with Crippen LogP contribution in [0.25, 0.3) is 0 Å². The van der Waals surface area contributed by atoms with Crippen LogP contribution in [0.2, 0.25) is 0 Å². The highest BCUT2D eigenvalue weighted by Crippen LogP contribution is 2.36. The molecule has 0 unspecified atom stereocenters. The maximum atomic E-state index is 10.1. The molecule has 0 aliphatic heterocycles. The molecule has 0 amide bonds. The predicted molar refractivity (Wildman–Crippen MR) is 73.6 cm³/mol. The predicted octanol–water partition coefficient (Wildman–Crippen LogP) is 1.23. The first kappa shape index (κ1) is 16.6. The van der Waals surface area contributed by atoms with E-state index in [2.05, 4.69) is 0 Å². The molecule has 2 aromatic rings. The lowest BCUT2D eigenvalue weighted by Crippen LogP contribution is -1.81. The fraction of sp³-hybridized carbons (Fsp3) is 0. The average Bonchev–Trinajstić information content (AvgIpc) is 2.49. The van der Waals surface area contributed by atoms with E-state index >= 15 is 0 Å². The van der Waals surface area contributed by atoms with Gasteiger partial charge in [0.05, 0.1) is 11.1 Å². The Bertz CT molecular complexity index is 702. The molecule has 0 heterocycles. The molecule has 22 heavy (non-hydrogen) atoms. The largest absolute Gasteiger partial charge is 0.507 e. The van der Waals surface area contributed by atoms with Crippen LogP contribution in [0.5, 0.6) is 34.5 Å². The van der Waals surface area contributed by atoms with Crippen LogP contribution in [0.4, 0.5) is 0 Å². The van der Waals surface area contributed by atoms with E-state index < -0.39 is 28.7 Å². The minimum Gasteiger partial charge on any atom is -0.507 e. The van der Waals surface area contributed by atoms with Crippen LogP contribution in [-0.4, -0.2) is 43.2 Å². The SMILES string of the molecule is O=Cc1cc(O)c(O)cc1O.O=Cc1ccc(O)c(O)c1O. The number of aldehydes is 2. The molecular weight excluding hydrogens is 296 g/mol. The lowest BCUT2D eigenvalue weighted by Gasteiger charge is -2.00. The van der Waals surface area contributed by atoms with Gasteiger partial charge in [-0.15, -0.1) is 0 Å². The maximum absolute atomic E-state index is 10.1. The van der Waals surface area contributed by atoms with Crippen molar-refractivity contribution in [1.82, 2.24) is 0 Å².